The largest absolute Gasteiger partial charge is 0.378 e. The van der Waals surface area contributed by atoms with Crippen LogP contribution in [0.15, 0.2) is 53.3 Å². The fourth-order valence-corrected chi connectivity index (χ4v) is 4.96. The first-order chi connectivity index (χ1) is 15.4. The number of rotatable bonds is 4. The lowest BCUT2D eigenvalue weighted by Crippen LogP contribution is -2.42. The Bertz CT molecular complexity index is 1270. The highest BCUT2D eigenvalue weighted by atomic mass is 35.5. The number of carbonyl (C=O) groups excluding carboxylic acids is 1. The zero-order chi connectivity index (χ0) is 22.5. The third-order valence-corrected chi connectivity index (χ3v) is 6.94. The summed E-state index contributed by atoms with van der Waals surface area (Å²) < 4.78 is 0. The Morgan fingerprint density at radius 1 is 1.16 bits per heavy atom. The molecule has 2 aromatic carbocycles. The molecular formula is C24H21Cl2N3O3. The Labute approximate surface area is 194 Å². The van der Waals surface area contributed by atoms with E-state index in [1.165, 1.54) is 4.90 Å². The molecule has 8 heteroatoms. The van der Waals surface area contributed by atoms with Crippen molar-refractivity contribution in [2.24, 2.45) is 0 Å². The maximum Gasteiger partial charge on any atom is 0.256 e. The molecule has 0 saturated heterocycles. The van der Waals surface area contributed by atoms with Gasteiger partial charge in [0.05, 0.1) is 23.2 Å². The maximum atomic E-state index is 13.0. The number of H-pyrrole nitrogens is 1. The van der Waals surface area contributed by atoms with Crippen molar-refractivity contribution in [2.75, 3.05) is 6.54 Å². The van der Waals surface area contributed by atoms with Crippen LogP contribution in [0.3, 0.4) is 0 Å². The quantitative estimate of drug-likeness (QED) is 0.608. The van der Waals surface area contributed by atoms with Gasteiger partial charge in [0.25, 0.3) is 11.5 Å². The lowest BCUT2D eigenvalue weighted by molar-refractivity contribution is -0.141. The zero-order valence-electron chi connectivity index (χ0n) is 17.1. The van der Waals surface area contributed by atoms with Gasteiger partial charge in [-0.15, -0.1) is 0 Å². The highest BCUT2D eigenvalue weighted by Crippen LogP contribution is 2.53. The van der Waals surface area contributed by atoms with Gasteiger partial charge in [-0.3, -0.25) is 9.59 Å². The van der Waals surface area contributed by atoms with Crippen molar-refractivity contribution in [3.05, 3.63) is 97.1 Å². The van der Waals surface area contributed by atoms with Crippen molar-refractivity contribution < 1.29 is 9.90 Å². The number of hydrogen-bond acceptors (Lipinski definition) is 4. The van der Waals surface area contributed by atoms with Crippen LogP contribution in [0.4, 0.5) is 0 Å². The molecule has 0 spiro atoms. The van der Waals surface area contributed by atoms with Crippen LogP contribution < -0.4 is 5.56 Å². The van der Waals surface area contributed by atoms with Crippen LogP contribution in [0.2, 0.25) is 10.0 Å². The molecule has 0 bridgehead atoms. The van der Waals surface area contributed by atoms with Crippen molar-refractivity contribution in [1.82, 2.24) is 14.9 Å². The summed E-state index contributed by atoms with van der Waals surface area (Å²) in [4.78, 5) is 35.1. The molecule has 0 unspecified atom stereocenters. The van der Waals surface area contributed by atoms with Gasteiger partial charge in [-0.1, -0.05) is 53.5 Å². The molecule has 1 saturated carbocycles. The van der Waals surface area contributed by atoms with E-state index in [0.29, 0.717) is 45.7 Å². The van der Waals surface area contributed by atoms with Gasteiger partial charge in [-0.2, -0.15) is 0 Å². The second-order valence-corrected chi connectivity index (χ2v) is 9.21. The molecule has 1 aromatic heterocycles. The summed E-state index contributed by atoms with van der Waals surface area (Å²) in [6, 6.07) is 14.2. The van der Waals surface area contributed by atoms with Gasteiger partial charge in [0.15, 0.2) is 6.10 Å². The average molecular weight is 470 g/mol. The van der Waals surface area contributed by atoms with E-state index < -0.39 is 12.0 Å². The Morgan fingerprint density at radius 3 is 2.66 bits per heavy atom. The smallest absolute Gasteiger partial charge is 0.256 e. The summed E-state index contributed by atoms with van der Waals surface area (Å²) >= 11 is 12.4. The number of nitrogens with zero attached hydrogens (tertiary/aromatic N) is 2. The average Bonchev–Trinajstić information content (AvgIpc) is 3.60. The van der Waals surface area contributed by atoms with Gasteiger partial charge in [-0.25, -0.2) is 4.98 Å². The van der Waals surface area contributed by atoms with E-state index in [0.717, 1.165) is 18.4 Å². The van der Waals surface area contributed by atoms with Crippen LogP contribution in [-0.4, -0.2) is 32.4 Å². The minimum atomic E-state index is -1.34. The lowest BCUT2D eigenvalue weighted by atomic mass is 9.94. The van der Waals surface area contributed by atoms with Gasteiger partial charge in [0.2, 0.25) is 0 Å². The molecule has 2 aliphatic rings. The van der Waals surface area contributed by atoms with Crippen molar-refractivity contribution in [3.63, 3.8) is 0 Å². The second-order valence-electron chi connectivity index (χ2n) is 8.37. The van der Waals surface area contributed by atoms with Crippen LogP contribution in [0.25, 0.3) is 0 Å². The van der Waals surface area contributed by atoms with E-state index >= 15 is 0 Å². The number of fused-ring (bicyclic) bond motifs is 1. The summed E-state index contributed by atoms with van der Waals surface area (Å²) in [5.41, 5.74) is 1.94. The first-order valence-corrected chi connectivity index (χ1v) is 11.2. The molecule has 3 aromatic rings. The van der Waals surface area contributed by atoms with Crippen molar-refractivity contribution in [3.8, 4) is 0 Å². The molecule has 1 aliphatic carbocycles. The van der Waals surface area contributed by atoms with Crippen molar-refractivity contribution >= 4 is 29.1 Å². The lowest BCUT2D eigenvalue weighted by Gasteiger charge is -2.30. The zero-order valence-corrected chi connectivity index (χ0v) is 18.7. The van der Waals surface area contributed by atoms with Crippen molar-refractivity contribution in [1.29, 1.82) is 0 Å². The predicted molar refractivity (Wildman–Crippen MR) is 122 cm³/mol. The number of aromatic amines is 1. The van der Waals surface area contributed by atoms with Crippen LogP contribution in [0.5, 0.6) is 0 Å². The minimum Gasteiger partial charge on any atom is -0.378 e. The number of nitrogens with one attached hydrogen (secondary N) is 1. The molecule has 0 radical (unpaired) electrons. The minimum absolute atomic E-state index is 0.105. The molecule has 1 aliphatic heterocycles. The topological polar surface area (TPSA) is 86.3 Å². The summed E-state index contributed by atoms with van der Waals surface area (Å²) in [7, 11) is 0. The van der Waals surface area contributed by atoms with E-state index in [9.17, 15) is 14.7 Å². The van der Waals surface area contributed by atoms with E-state index in [1.807, 2.05) is 24.3 Å². The predicted octanol–water partition coefficient (Wildman–Crippen LogP) is 3.77. The molecule has 32 heavy (non-hydrogen) atoms. The molecular weight excluding hydrogens is 449 g/mol. The Morgan fingerprint density at radius 2 is 1.94 bits per heavy atom. The normalized spacial score (nSPS) is 17.5. The third-order valence-electron chi connectivity index (χ3n) is 6.37. The van der Waals surface area contributed by atoms with Gasteiger partial charge in [-0.05, 0) is 42.2 Å². The van der Waals surface area contributed by atoms with Gasteiger partial charge >= 0.3 is 0 Å². The van der Waals surface area contributed by atoms with E-state index in [2.05, 4.69) is 4.98 Å². The highest BCUT2D eigenvalue weighted by Gasteiger charge is 2.50. The summed E-state index contributed by atoms with van der Waals surface area (Å²) in [6.07, 6.45) is 0.847. The first-order valence-electron chi connectivity index (χ1n) is 10.5. The summed E-state index contributed by atoms with van der Waals surface area (Å²) in [6.45, 7) is 0.478. The molecule has 2 N–H and O–H groups in total. The Balaban J connectivity index is 1.41. The Hall–Kier alpha value is -2.67. The molecule has 1 amide bonds. The number of aromatic nitrogens is 2. The highest BCUT2D eigenvalue weighted by molar-refractivity contribution is 6.31. The molecule has 6 nitrogen and oxygen atoms in total. The fraction of sp³-hybridized carbons (Fsp3) is 0.292. The van der Waals surface area contributed by atoms with Gasteiger partial charge < -0.3 is 15.0 Å². The standard InChI is InChI=1S/C24H21Cl2N3O3/c25-15-5-3-4-14(12-15)20(30)22(32)29-11-8-19-16(13-29)21(31)28-23(27-19)24(9-10-24)17-6-1-2-7-18(17)26/h1-7,12,20,30H,8-11,13H2,(H,27,28,31)/t20-/m1/s1. The molecule has 1 fully saturated rings. The van der Waals surface area contributed by atoms with Crippen LogP contribution in [0, 0.1) is 0 Å². The molecule has 5 rings (SSSR count). The SMILES string of the molecule is O=C([C@H](O)c1cccc(Cl)c1)N1CCc2nc(C3(c4ccccc4Cl)CC3)[nH]c(=O)c2C1. The Kier molecular flexibility index (Phi) is 5.32. The molecule has 2 heterocycles. The number of hydrogen-bond donors (Lipinski definition) is 2. The van der Waals surface area contributed by atoms with E-state index in [-0.39, 0.29) is 17.5 Å². The maximum absolute atomic E-state index is 13.0. The number of aliphatic hydroxyl groups excluding tert-OH is 1. The number of benzene rings is 2. The van der Waals surface area contributed by atoms with Gasteiger partial charge in [0, 0.05) is 23.0 Å². The summed E-state index contributed by atoms with van der Waals surface area (Å²) in [5, 5.41) is 11.6. The fourth-order valence-electron chi connectivity index (χ4n) is 4.44. The van der Waals surface area contributed by atoms with E-state index in [1.54, 1.807) is 24.3 Å². The number of aliphatic hydroxyl groups is 1. The van der Waals surface area contributed by atoms with E-state index in [4.69, 9.17) is 28.2 Å². The molecule has 164 valence electrons. The second kappa shape index (κ2) is 8.03. The van der Waals surface area contributed by atoms with Crippen LogP contribution in [-0.2, 0) is 23.2 Å². The van der Waals surface area contributed by atoms with Crippen LogP contribution >= 0.6 is 23.2 Å². The summed E-state index contributed by atoms with van der Waals surface area (Å²) in [5.74, 6) is 0.171. The monoisotopic (exact) mass is 469 g/mol. The first kappa shape index (κ1) is 21.2. The third kappa shape index (κ3) is 3.62. The van der Waals surface area contributed by atoms with Gasteiger partial charge in [0.1, 0.15) is 5.82 Å². The number of amides is 1. The number of carbonyl (C=O) groups is 1. The number of halogens is 2. The van der Waals surface area contributed by atoms with Crippen LogP contribution in [0.1, 0.15) is 47.2 Å². The van der Waals surface area contributed by atoms with Crippen molar-refractivity contribution in [2.45, 2.75) is 37.3 Å². The molecule has 1 atom stereocenters.